The SMILES string of the molecule is CCC1COCCN1Cc1csc(CCN)n1. The average Bonchev–Trinajstić information content (AvgIpc) is 2.78. The van der Waals surface area contributed by atoms with E-state index in [9.17, 15) is 0 Å². The maximum Gasteiger partial charge on any atom is 0.0941 e. The zero-order valence-corrected chi connectivity index (χ0v) is 11.2. The Morgan fingerprint density at radius 2 is 2.53 bits per heavy atom. The van der Waals surface area contributed by atoms with E-state index in [1.54, 1.807) is 11.3 Å². The molecule has 5 heteroatoms. The number of nitrogens with two attached hydrogens (primary N) is 1. The van der Waals surface area contributed by atoms with Crippen molar-refractivity contribution in [1.29, 1.82) is 0 Å². The van der Waals surface area contributed by atoms with Crippen LogP contribution in [0.15, 0.2) is 5.38 Å². The molecule has 1 atom stereocenters. The third-order valence-electron chi connectivity index (χ3n) is 3.14. The molecule has 0 bridgehead atoms. The first-order valence-electron chi connectivity index (χ1n) is 6.28. The van der Waals surface area contributed by atoms with Gasteiger partial charge in [0.15, 0.2) is 0 Å². The van der Waals surface area contributed by atoms with Crippen LogP contribution in [0.25, 0.3) is 0 Å². The molecule has 0 amide bonds. The molecule has 1 aromatic rings. The van der Waals surface area contributed by atoms with Crippen LogP contribution in [-0.4, -0.2) is 42.2 Å². The molecule has 96 valence electrons. The Hall–Kier alpha value is -0.490. The van der Waals surface area contributed by atoms with Gasteiger partial charge in [-0.05, 0) is 13.0 Å². The summed E-state index contributed by atoms with van der Waals surface area (Å²) >= 11 is 1.72. The fourth-order valence-corrected chi connectivity index (χ4v) is 2.95. The fourth-order valence-electron chi connectivity index (χ4n) is 2.14. The van der Waals surface area contributed by atoms with Gasteiger partial charge in [-0.1, -0.05) is 6.92 Å². The zero-order chi connectivity index (χ0) is 12.1. The lowest BCUT2D eigenvalue weighted by Gasteiger charge is -2.34. The van der Waals surface area contributed by atoms with E-state index in [1.165, 1.54) is 5.69 Å². The molecule has 1 fully saturated rings. The normalized spacial score (nSPS) is 21.9. The predicted molar refractivity (Wildman–Crippen MR) is 70.2 cm³/mol. The van der Waals surface area contributed by atoms with E-state index in [-0.39, 0.29) is 0 Å². The molecule has 1 aromatic heterocycles. The third kappa shape index (κ3) is 3.48. The Morgan fingerprint density at radius 3 is 3.29 bits per heavy atom. The molecule has 0 spiro atoms. The standard InChI is InChI=1S/C12H21N3OS/c1-2-11-8-16-6-5-15(11)7-10-9-17-12(14-10)3-4-13/h9,11H,2-8,13H2,1H3. The largest absolute Gasteiger partial charge is 0.378 e. The van der Waals surface area contributed by atoms with Crippen molar-refractivity contribution in [3.05, 3.63) is 16.1 Å². The van der Waals surface area contributed by atoms with Crippen LogP contribution in [0.4, 0.5) is 0 Å². The summed E-state index contributed by atoms with van der Waals surface area (Å²) in [4.78, 5) is 7.10. The van der Waals surface area contributed by atoms with Crippen LogP contribution in [0.5, 0.6) is 0 Å². The Kier molecular flexibility index (Phi) is 4.91. The van der Waals surface area contributed by atoms with Crippen molar-refractivity contribution in [3.63, 3.8) is 0 Å². The van der Waals surface area contributed by atoms with Crippen molar-refractivity contribution in [1.82, 2.24) is 9.88 Å². The molecule has 1 aliphatic rings. The lowest BCUT2D eigenvalue weighted by atomic mass is 10.1. The van der Waals surface area contributed by atoms with E-state index < -0.39 is 0 Å². The van der Waals surface area contributed by atoms with Crippen molar-refractivity contribution < 1.29 is 4.74 Å². The highest BCUT2D eigenvalue weighted by Crippen LogP contribution is 2.16. The molecule has 1 unspecified atom stereocenters. The minimum atomic E-state index is 0.545. The van der Waals surface area contributed by atoms with Crippen LogP contribution in [0.1, 0.15) is 24.0 Å². The summed E-state index contributed by atoms with van der Waals surface area (Å²) in [6, 6.07) is 0.545. The minimum Gasteiger partial charge on any atom is -0.378 e. The highest BCUT2D eigenvalue weighted by Gasteiger charge is 2.21. The molecule has 1 saturated heterocycles. The first kappa shape index (κ1) is 13.0. The summed E-state index contributed by atoms with van der Waals surface area (Å²) in [5, 5.41) is 3.32. The Morgan fingerprint density at radius 1 is 1.65 bits per heavy atom. The lowest BCUT2D eigenvalue weighted by Crippen LogP contribution is -2.44. The van der Waals surface area contributed by atoms with E-state index >= 15 is 0 Å². The molecule has 0 aromatic carbocycles. The fraction of sp³-hybridized carbons (Fsp3) is 0.750. The molecule has 4 nitrogen and oxygen atoms in total. The number of aromatic nitrogens is 1. The number of hydrogen-bond donors (Lipinski definition) is 1. The van der Waals surface area contributed by atoms with Crippen LogP contribution in [0, 0.1) is 0 Å². The molecule has 0 saturated carbocycles. The molecule has 2 N–H and O–H groups in total. The minimum absolute atomic E-state index is 0.545. The van der Waals surface area contributed by atoms with Crippen LogP contribution in [-0.2, 0) is 17.7 Å². The molecular weight excluding hydrogens is 234 g/mol. The first-order chi connectivity index (χ1) is 8.33. The van der Waals surface area contributed by atoms with Crippen molar-refractivity contribution >= 4 is 11.3 Å². The predicted octanol–water partition coefficient (Wildman–Crippen LogP) is 1.26. The van der Waals surface area contributed by atoms with Gasteiger partial charge in [-0.25, -0.2) is 4.98 Å². The first-order valence-corrected chi connectivity index (χ1v) is 7.16. The highest BCUT2D eigenvalue weighted by atomic mass is 32.1. The summed E-state index contributed by atoms with van der Waals surface area (Å²) in [5.41, 5.74) is 6.72. The third-order valence-corrected chi connectivity index (χ3v) is 4.10. The topological polar surface area (TPSA) is 51.4 Å². The highest BCUT2D eigenvalue weighted by molar-refractivity contribution is 7.09. The van der Waals surface area contributed by atoms with Gasteiger partial charge in [-0.2, -0.15) is 0 Å². The number of ether oxygens (including phenoxy) is 1. The van der Waals surface area contributed by atoms with Crippen LogP contribution in [0.2, 0.25) is 0 Å². The number of thiazole rings is 1. The van der Waals surface area contributed by atoms with E-state index in [1.807, 2.05) is 0 Å². The second kappa shape index (κ2) is 6.44. The van der Waals surface area contributed by atoms with Crippen LogP contribution in [0.3, 0.4) is 0 Å². The van der Waals surface area contributed by atoms with Gasteiger partial charge in [0.1, 0.15) is 0 Å². The number of morpholine rings is 1. The second-order valence-electron chi connectivity index (χ2n) is 4.38. The second-order valence-corrected chi connectivity index (χ2v) is 5.32. The summed E-state index contributed by atoms with van der Waals surface area (Å²) in [5.74, 6) is 0. The lowest BCUT2D eigenvalue weighted by molar-refractivity contribution is -0.0132. The summed E-state index contributed by atoms with van der Waals surface area (Å²) in [7, 11) is 0. The Bertz CT molecular complexity index is 342. The maximum atomic E-state index is 5.54. The van der Waals surface area contributed by atoms with E-state index in [0.29, 0.717) is 12.6 Å². The zero-order valence-electron chi connectivity index (χ0n) is 10.4. The molecular formula is C12H21N3OS. The van der Waals surface area contributed by atoms with Crippen molar-refractivity contribution in [3.8, 4) is 0 Å². The molecule has 0 radical (unpaired) electrons. The Labute approximate surface area is 107 Å². The van der Waals surface area contributed by atoms with Crippen LogP contribution < -0.4 is 5.73 Å². The average molecular weight is 255 g/mol. The summed E-state index contributed by atoms with van der Waals surface area (Å²) in [6.45, 7) is 6.56. The van der Waals surface area contributed by atoms with Gasteiger partial charge < -0.3 is 10.5 Å². The molecule has 0 aliphatic carbocycles. The van der Waals surface area contributed by atoms with Crippen LogP contribution >= 0.6 is 11.3 Å². The summed E-state index contributed by atoms with van der Waals surface area (Å²) < 4.78 is 5.51. The van der Waals surface area contributed by atoms with Gasteiger partial charge in [0.05, 0.1) is 23.9 Å². The maximum absolute atomic E-state index is 5.54. The van der Waals surface area contributed by atoms with Crippen molar-refractivity contribution in [2.75, 3.05) is 26.3 Å². The summed E-state index contributed by atoms with van der Waals surface area (Å²) in [6.07, 6.45) is 2.03. The number of nitrogens with zero attached hydrogens (tertiary/aromatic N) is 2. The van der Waals surface area contributed by atoms with Crippen molar-refractivity contribution in [2.24, 2.45) is 5.73 Å². The molecule has 2 heterocycles. The Balaban J connectivity index is 1.93. The number of hydrogen-bond acceptors (Lipinski definition) is 5. The molecule has 2 rings (SSSR count). The van der Waals surface area contributed by atoms with Gasteiger partial charge in [-0.3, -0.25) is 4.90 Å². The quantitative estimate of drug-likeness (QED) is 0.860. The van der Waals surface area contributed by atoms with E-state index in [0.717, 1.165) is 44.2 Å². The van der Waals surface area contributed by atoms with E-state index in [2.05, 4.69) is 22.2 Å². The van der Waals surface area contributed by atoms with Gasteiger partial charge in [-0.15, -0.1) is 11.3 Å². The van der Waals surface area contributed by atoms with Gasteiger partial charge in [0, 0.05) is 30.9 Å². The smallest absolute Gasteiger partial charge is 0.0941 e. The monoisotopic (exact) mass is 255 g/mol. The number of rotatable bonds is 5. The van der Waals surface area contributed by atoms with E-state index in [4.69, 9.17) is 10.5 Å². The molecule has 1 aliphatic heterocycles. The van der Waals surface area contributed by atoms with Gasteiger partial charge in [0.2, 0.25) is 0 Å². The van der Waals surface area contributed by atoms with Gasteiger partial charge in [0.25, 0.3) is 0 Å². The van der Waals surface area contributed by atoms with Crippen molar-refractivity contribution in [2.45, 2.75) is 32.4 Å². The molecule has 17 heavy (non-hydrogen) atoms. The van der Waals surface area contributed by atoms with Gasteiger partial charge >= 0.3 is 0 Å².